The Morgan fingerprint density at radius 1 is 1.14 bits per heavy atom. The third kappa shape index (κ3) is 4.27. The van der Waals surface area contributed by atoms with Crippen LogP contribution >= 0.6 is 0 Å². The van der Waals surface area contributed by atoms with Gasteiger partial charge in [-0.1, -0.05) is 37.3 Å². The Balaban J connectivity index is 1.59. The van der Waals surface area contributed by atoms with Crippen molar-refractivity contribution in [2.24, 2.45) is 5.41 Å². The second kappa shape index (κ2) is 8.44. The van der Waals surface area contributed by atoms with Crippen molar-refractivity contribution in [3.8, 4) is 0 Å². The first kappa shape index (κ1) is 19.1. The molecule has 4 rings (SSSR count). The molecule has 3 heterocycles. The molecule has 1 atom stereocenters. The van der Waals surface area contributed by atoms with E-state index in [4.69, 9.17) is 0 Å². The van der Waals surface area contributed by atoms with Crippen LogP contribution in [0.15, 0.2) is 48.8 Å². The number of fused-ring (bicyclic) bond motifs is 1. The molecule has 148 valence electrons. The molecule has 1 fully saturated rings. The number of pyridine rings is 1. The predicted molar refractivity (Wildman–Crippen MR) is 112 cm³/mol. The maximum absolute atomic E-state index is 12.9. The third-order valence-electron chi connectivity index (χ3n) is 6.26. The van der Waals surface area contributed by atoms with Gasteiger partial charge in [0.15, 0.2) is 0 Å². The molecular weight excluding hydrogens is 346 g/mol. The average molecular weight is 378 g/mol. The summed E-state index contributed by atoms with van der Waals surface area (Å²) >= 11 is 0. The van der Waals surface area contributed by atoms with Gasteiger partial charge in [-0.05, 0) is 55.0 Å². The quantitative estimate of drug-likeness (QED) is 0.807. The summed E-state index contributed by atoms with van der Waals surface area (Å²) in [7, 11) is 0. The zero-order valence-electron chi connectivity index (χ0n) is 16.9. The standard InChI is InChI=1S/C24H31N3O/c1-2-7-23(28)27-17-22-10-4-3-9-21(22)14-24(19-27)11-6-13-26(18-24)16-20-8-5-12-25-15-20/h3-5,8-10,12,15H,2,6-7,11,13-14,16-19H2,1H3. The van der Waals surface area contributed by atoms with Gasteiger partial charge in [-0.15, -0.1) is 0 Å². The van der Waals surface area contributed by atoms with E-state index in [1.54, 1.807) is 0 Å². The fraction of sp³-hybridized carbons (Fsp3) is 0.500. The number of hydrogen-bond donors (Lipinski definition) is 0. The molecule has 0 N–H and O–H groups in total. The molecule has 1 aromatic heterocycles. The second-order valence-corrected chi connectivity index (χ2v) is 8.62. The number of piperidine rings is 1. The van der Waals surface area contributed by atoms with E-state index in [0.29, 0.717) is 12.3 Å². The monoisotopic (exact) mass is 377 g/mol. The summed E-state index contributed by atoms with van der Waals surface area (Å²) in [6, 6.07) is 12.9. The van der Waals surface area contributed by atoms with Gasteiger partial charge >= 0.3 is 0 Å². The van der Waals surface area contributed by atoms with Crippen LogP contribution in [0.5, 0.6) is 0 Å². The number of carbonyl (C=O) groups is 1. The first-order chi connectivity index (χ1) is 13.7. The van der Waals surface area contributed by atoms with E-state index in [2.05, 4.69) is 52.0 Å². The lowest BCUT2D eigenvalue weighted by Gasteiger charge is -2.44. The smallest absolute Gasteiger partial charge is 0.222 e. The number of amides is 1. The van der Waals surface area contributed by atoms with Crippen LogP contribution in [0.25, 0.3) is 0 Å². The molecule has 2 aliphatic rings. The summed E-state index contributed by atoms with van der Waals surface area (Å²) in [6.45, 7) is 6.85. The highest BCUT2D eigenvalue weighted by atomic mass is 16.2. The minimum atomic E-state index is 0.149. The van der Waals surface area contributed by atoms with Crippen LogP contribution < -0.4 is 0 Å². The predicted octanol–water partition coefficient (Wildman–Crippen LogP) is 4.05. The maximum Gasteiger partial charge on any atom is 0.222 e. The van der Waals surface area contributed by atoms with Crippen LogP contribution in [-0.4, -0.2) is 40.3 Å². The molecule has 1 unspecified atom stereocenters. The summed E-state index contributed by atoms with van der Waals surface area (Å²) < 4.78 is 0. The van der Waals surface area contributed by atoms with Gasteiger partial charge in [-0.25, -0.2) is 0 Å². The number of rotatable bonds is 4. The first-order valence-corrected chi connectivity index (χ1v) is 10.6. The molecule has 1 aromatic carbocycles. The topological polar surface area (TPSA) is 36.4 Å². The third-order valence-corrected chi connectivity index (χ3v) is 6.26. The lowest BCUT2D eigenvalue weighted by molar-refractivity contribution is -0.134. The van der Waals surface area contributed by atoms with Crippen molar-refractivity contribution in [3.63, 3.8) is 0 Å². The Labute approximate surface area is 168 Å². The fourth-order valence-electron chi connectivity index (χ4n) is 5.03. The van der Waals surface area contributed by atoms with Crippen LogP contribution in [0.4, 0.5) is 0 Å². The molecule has 28 heavy (non-hydrogen) atoms. The second-order valence-electron chi connectivity index (χ2n) is 8.62. The average Bonchev–Trinajstić information content (AvgIpc) is 2.85. The van der Waals surface area contributed by atoms with E-state index in [0.717, 1.165) is 45.6 Å². The number of benzene rings is 1. The molecule has 1 amide bonds. The molecule has 1 saturated heterocycles. The van der Waals surface area contributed by atoms with Crippen LogP contribution in [0, 0.1) is 5.41 Å². The van der Waals surface area contributed by atoms with Gasteiger partial charge in [0.2, 0.25) is 5.91 Å². The minimum absolute atomic E-state index is 0.149. The van der Waals surface area contributed by atoms with E-state index < -0.39 is 0 Å². The molecule has 2 aromatic rings. The summed E-state index contributed by atoms with van der Waals surface area (Å²) in [6.07, 6.45) is 8.83. The molecular formula is C24H31N3O. The fourth-order valence-corrected chi connectivity index (χ4v) is 5.03. The van der Waals surface area contributed by atoms with Crippen LogP contribution in [0.2, 0.25) is 0 Å². The van der Waals surface area contributed by atoms with Gasteiger partial charge in [0.05, 0.1) is 0 Å². The molecule has 0 radical (unpaired) electrons. The number of hydrogen-bond acceptors (Lipinski definition) is 3. The highest BCUT2D eigenvalue weighted by Crippen LogP contribution is 2.39. The van der Waals surface area contributed by atoms with Gasteiger partial charge in [0.25, 0.3) is 0 Å². The zero-order chi connectivity index (χ0) is 19.4. The molecule has 0 aliphatic carbocycles. The Bertz CT molecular complexity index is 807. The largest absolute Gasteiger partial charge is 0.338 e. The molecule has 0 bridgehead atoms. The summed E-state index contributed by atoms with van der Waals surface area (Å²) in [5, 5.41) is 0. The maximum atomic E-state index is 12.9. The molecule has 4 heteroatoms. The molecule has 4 nitrogen and oxygen atoms in total. The van der Waals surface area contributed by atoms with Crippen molar-refractivity contribution in [1.82, 2.24) is 14.8 Å². The van der Waals surface area contributed by atoms with Gasteiger partial charge < -0.3 is 4.90 Å². The molecule has 1 spiro atoms. The zero-order valence-corrected chi connectivity index (χ0v) is 16.9. The highest BCUT2D eigenvalue weighted by Gasteiger charge is 2.40. The summed E-state index contributed by atoms with van der Waals surface area (Å²) in [5.74, 6) is 0.308. The first-order valence-electron chi connectivity index (χ1n) is 10.6. The molecule has 2 aliphatic heterocycles. The lowest BCUT2D eigenvalue weighted by atomic mass is 9.74. The number of nitrogens with zero attached hydrogens (tertiary/aromatic N) is 3. The van der Waals surface area contributed by atoms with Gasteiger partial charge in [-0.3, -0.25) is 14.7 Å². The van der Waals surface area contributed by atoms with Crippen molar-refractivity contribution in [3.05, 3.63) is 65.5 Å². The summed E-state index contributed by atoms with van der Waals surface area (Å²) in [5.41, 5.74) is 4.18. The van der Waals surface area contributed by atoms with Crippen molar-refractivity contribution < 1.29 is 4.79 Å². The van der Waals surface area contributed by atoms with Crippen molar-refractivity contribution in [2.45, 2.75) is 52.1 Å². The van der Waals surface area contributed by atoms with E-state index >= 15 is 0 Å². The minimum Gasteiger partial charge on any atom is -0.338 e. The van der Waals surface area contributed by atoms with E-state index in [1.165, 1.54) is 29.5 Å². The normalized spacial score (nSPS) is 22.7. The van der Waals surface area contributed by atoms with Crippen LogP contribution in [0.1, 0.15) is 49.3 Å². The van der Waals surface area contributed by atoms with Crippen LogP contribution in [-0.2, 0) is 24.3 Å². The Morgan fingerprint density at radius 3 is 2.79 bits per heavy atom. The van der Waals surface area contributed by atoms with E-state index in [9.17, 15) is 4.79 Å². The Kier molecular flexibility index (Phi) is 5.77. The van der Waals surface area contributed by atoms with E-state index in [1.807, 2.05) is 18.5 Å². The lowest BCUT2D eigenvalue weighted by Crippen LogP contribution is -2.50. The van der Waals surface area contributed by atoms with Gasteiger partial charge in [0, 0.05) is 50.4 Å². The van der Waals surface area contributed by atoms with E-state index in [-0.39, 0.29) is 5.41 Å². The Morgan fingerprint density at radius 2 is 2.00 bits per heavy atom. The highest BCUT2D eigenvalue weighted by molar-refractivity contribution is 5.76. The van der Waals surface area contributed by atoms with Gasteiger partial charge in [-0.2, -0.15) is 0 Å². The number of aromatic nitrogens is 1. The number of likely N-dealkylation sites (tertiary alicyclic amines) is 1. The summed E-state index contributed by atoms with van der Waals surface area (Å²) in [4.78, 5) is 21.8. The number of carbonyl (C=O) groups excluding carboxylic acids is 1. The van der Waals surface area contributed by atoms with Gasteiger partial charge in [0.1, 0.15) is 0 Å². The van der Waals surface area contributed by atoms with Crippen molar-refractivity contribution in [2.75, 3.05) is 19.6 Å². The van der Waals surface area contributed by atoms with Crippen molar-refractivity contribution >= 4 is 5.91 Å². The van der Waals surface area contributed by atoms with Crippen LogP contribution in [0.3, 0.4) is 0 Å². The SMILES string of the molecule is CCCC(=O)N1Cc2ccccc2CC2(CCCN(Cc3cccnc3)C2)C1. The Hall–Kier alpha value is -2.20. The van der Waals surface area contributed by atoms with Crippen molar-refractivity contribution in [1.29, 1.82) is 0 Å². The molecule has 0 saturated carbocycles.